The molecule has 1 rings (SSSR count). The molecular formula is C9H12ClNO2. The van der Waals surface area contributed by atoms with Crippen LogP contribution in [-0.2, 0) is 0 Å². The molecule has 0 aliphatic carbocycles. The van der Waals surface area contributed by atoms with Crippen LogP contribution in [0.25, 0.3) is 0 Å². The number of aromatic carboxylic acids is 1. The molecule has 0 bridgehead atoms. The molecule has 0 fully saturated rings. The highest BCUT2D eigenvalue weighted by Crippen LogP contribution is 2.22. The summed E-state index contributed by atoms with van der Waals surface area (Å²) in [5.74, 6) is -1.07. The topological polar surface area (TPSA) is 63.3 Å². The van der Waals surface area contributed by atoms with Gasteiger partial charge in [-0.15, -0.1) is 0 Å². The monoisotopic (exact) mass is 201 g/mol. The summed E-state index contributed by atoms with van der Waals surface area (Å²) < 4.78 is 0. The van der Waals surface area contributed by atoms with Crippen LogP contribution in [0.1, 0.15) is 24.2 Å². The Hall–Kier alpha value is -1.22. The van der Waals surface area contributed by atoms with E-state index in [1.807, 2.05) is 13.8 Å². The van der Waals surface area contributed by atoms with Crippen molar-refractivity contribution in [3.05, 3.63) is 28.8 Å². The van der Waals surface area contributed by atoms with Crippen molar-refractivity contribution in [3.8, 4) is 0 Å². The molecule has 0 saturated heterocycles. The standard InChI is InChI=1S/C7H6ClNO2.C2H6/c8-6-4(7(10)11)2-1-3-5(6)9;1-2/h1-3H,9H2,(H,10,11);1-2H3. The lowest BCUT2D eigenvalue weighted by atomic mass is 10.2. The molecule has 13 heavy (non-hydrogen) atoms. The third kappa shape index (κ3) is 2.95. The SMILES string of the molecule is CC.Nc1cccc(C(=O)O)c1Cl. The number of nitrogen functional groups attached to an aromatic ring is 1. The first-order valence-electron chi connectivity index (χ1n) is 3.90. The van der Waals surface area contributed by atoms with Gasteiger partial charge in [-0.25, -0.2) is 4.79 Å². The van der Waals surface area contributed by atoms with E-state index in [9.17, 15) is 4.79 Å². The van der Waals surface area contributed by atoms with Gasteiger partial charge in [-0.3, -0.25) is 0 Å². The van der Waals surface area contributed by atoms with Crippen molar-refractivity contribution in [2.24, 2.45) is 0 Å². The number of carbonyl (C=O) groups is 1. The van der Waals surface area contributed by atoms with E-state index in [2.05, 4.69) is 0 Å². The normalized spacial score (nSPS) is 8.54. The Bertz CT molecular complexity index is 300. The van der Waals surface area contributed by atoms with E-state index in [0.29, 0.717) is 0 Å². The maximum atomic E-state index is 10.4. The zero-order valence-electron chi connectivity index (χ0n) is 7.54. The maximum absolute atomic E-state index is 10.4. The van der Waals surface area contributed by atoms with E-state index < -0.39 is 5.97 Å². The van der Waals surface area contributed by atoms with Gasteiger partial charge in [-0.1, -0.05) is 31.5 Å². The van der Waals surface area contributed by atoms with Gasteiger partial charge in [0.1, 0.15) is 0 Å². The summed E-state index contributed by atoms with van der Waals surface area (Å²) in [7, 11) is 0. The highest BCUT2D eigenvalue weighted by Gasteiger charge is 2.08. The number of carboxylic acids is 1. The van der Waals surface area contributed by atoms with Gasteiger partial charge in [-0.2, -0.15) is 0 Å². The van der Waals surface area contributed by atoms with Gasteiger partial charge in [0.2, 0.25) is 0 Å². The van der Waals surface area contributed by atoms with Crippen molar-refractivity contribution in [3.63, 3.8) is 0 Å². The van der Waals surface area contributed by atoms with Crippen molar-refractivity contribution in [2.75, 3.05) is 5.73 Å². The summed E-state index contributed by atoms with van der Waals surface area (Å²) in [6.45, 7) is 4.00. The Balaban J connectivity index is 0.000000671. The Kier molecular flexibility index (Phi) is 4.92. The van der Waals surface area contributed by atoms with Crippen LogP contribution in [0.3, 0.4) is 0 Å². The number of hydrogen-bond acceptors (Lipinski definition) is 2. The molecule has 3 nitrogen and oxygen atoms in total. The Morgan fingerprint density at radius 2 is 2.00 bits per heavy atom. The van der Waals surface area contributed by atoms with Gasteiger partial charge in [0.15, 0.2) is 0 Å². The summed E-state index contributed by atoms with van der Waals surface area (Å²) in [4.78, 5) is 10.4. The minimum absolute atomic E-state index is 0.0340. The second kappa shape index (κ2) is 5.43. The molecule has 0 unspecified atom stereocenters. The highest BCUT2D eigenvalue weighted by molar-refractivity contribution is 6.35. The summed E-state index contributed by atoms with van der Waals surface area (Å²) in [5.41, 5.74) is 5.68. The fourth-order valence-corrected chi connectivity index (χ4v) is 0.922. The summed E-state index contributed by atoms with van der Waals surface area (Å²) in [6.07, 6.45) is 0. The predicted molar refractivity (Wildman–Crippen MR) is 54.2 cm³/mol. The Morgan fingerprint density at radius 1 is 1.46 bits per heavy atom. The maximum Gasteiger partial charge on any atom is 0.337 e. The van der Waals surface area contributed by atoms with E-state index >= 15 is 0 Å². The van der Waals surface area contributed by atoms with Crippen molar-refractivity contribution < 1.29 is 9.90 Å². The van der Waals surface area contributed by atoms with Crippen LogP contribution in [0.15, 0.2) is 18.2 Å². The molecule has 0 radical (unpaired) electrons. The van der Waals surface area contributed by atoms with Crippen molar-refractivity contribution in [1.29, 1.82) is 0 Å². The van der Waals surface area contributed by atoms with Crippen LogP contribution in [0, 0.1) is 0 Å². The molecule has 0 saturated carbocycles. The molecule has 0 aliphatic heterocycles. The van der Waals surface area contributed by atoms with E-state index in [0.717, 1.165) is 0 Å². The van der Waals surface area contributed by atoms with E-state index in [1.165, 1.54) is 6.07 Å². The van der Waals surface area contributed by atoms with Crippen LogP contribution >= 0.6 is 11.6 Å². The highest BCUT2D eigenvalue weighted by atomic mass is 35.5. The van der Waals surface area contributed by atoms with Gasteiger partial charge >= 0.3 is 5.97 Å². The lowest BCUT2D eigenvalue weighted by molar-refractivity contribution is 0.0697. The molecule has 0 atom stereocenters. The Morgan fingerprint density at radius 3 is 2.38 bits per heavy atom. The van der Waals surface area contributed by atoms with Gasteiger partial charge in [0.05, 0.1) is 16.3 Å². The zero-order chi connectivity index (χ0) is 10.4. The van der Waals surface area contributed by atoms with Crippen LogP contribution in [0.2, 0.25) is 5.02 Å². The average molecular weight is 202 g/mol. The van der Waals surface area contributed by atoms with E-state index in [-0.39, 0.29) is 16.3 Å². The zero-order valence-corrected chi connectivity index (χ0v) is 8.30. The molecule has 0 spiro atoms. The largest absolute Gasteiger partial charge is 0.478 e. The molecule has 1 aromatic carbocycles. The minimum atomic E-state index is -1.07. The number of carboxylic acid groups (broad SMARTS) is 1. The smallest absolute Gasteiger partial charge is 0.337 e. The van der Waals surface area contributed by atoms with Crippen LogP contribution in [-0.4, -0.2) is 11.1 Å². The number of rotatable bonds is 1. The quantitative estimate of drug-likeness (QED) is 0.687. The van der Waals surface area contributed by atoms with Crippen LogP contribution in [0.4, 0.5) is 5.69 Å². The van der Waals surface area contributed by atoms with Crippen LogP contribution in [0.5, 0.6) is 0 Å². The first-order chi connectivity index (χ1) is 6.13. The van der Waals surface area contributed by atoms with E-state index in [4.69, 9.17) is 22.4 Å². The molecule has 0 aromatic heterocycles. The summed E-state index contributed by atoms with van der Waals surface area (Å²) >= 11 is 5.58. The molecular weight excluding hydrogens is 190 g/mol. The fourth-order valence-electron chi connectivity index (χ4n) is 0.715. The Labute approximate surface area is 82.1 Å². The third-order valence-corrected chi connectivity index (χ3v) is 1.68. The molecule has 72 valence electrons. The fraction of sp³-hybridized carbons (Fsp3) is 0.222. The summed E-state index contributed by atoms with van der Waals surface area (Å²) in [5, 5.41) is 8.65. The molecule has 1 aromatic rings. The minimum Gasteiger partial charge on any atom is -0.478 e. The number of hydrogen-bond donors (Lipinski definition) is 2. The number of benzene rings is 1. The van der Waals surface area contributed by atoms with Crippen LogP contribution < -0.4 is 5.73 Å². The second-order valence-electron chi connectivity index (χ2n) is 2.01. The van der Waals surface area contributed by atoms with Crippen molar-refractivity contribution in [1.82, 2.24) is 0 Å². The van der Waals surface area contributed by atoms with Crippen molar-refractivity contribution >= 4 is 23.3 Å². The second-order valence-corrected chi connectivity index (χ2v) is 2.39. The average Bonchev–Trinajstić information content (AvgIpc) is 2.13. The molecule has 0 aliphatic rings. The lowest BCUT2D eigenvalue weighted by Gasteiger charge is -1.99. The first kappa shape index (κ1) is 11.8. The first-order valence-corrected chi connectivity index (χ1v) is 4.28. The van der Waals surface area contributed by atoms with Crippen molar-refractivity contribution in [2.45, 2.75) is 13.8 Å². The van der Waals surface area contributed by atoms with Gasteiger partial charge in [0, 0.05) is 0 Å². The number of halogens is 1. The molecule has 0 heterocycles. The van der Waals surface area contributed by atoms with E-state index in [1.54, 1.807) is 12.1 Å². The molecule has 4 heteroatoms. The van der Waals surface area contributed by atoms with Gasteiger partial charge in [-0.05, 0) is 12.1 Å². The molecule has 3 N–H and O–H groups in total. The number of nitrogens with two attached hydrogens (primary N) is 1. The predicted octanol–water partition coefficient (Wildman–Crippen LogP) is 2.65. The third-order valence-electron chi connectivity index (χ3n) is 1.26. The number of anilines is 1. The lowest BCUT2D eigenvalue weighted by Crippen LogP contribution is -1.99. The summed E-state index contributed by atoms with van der Waals surface area (Å²) in [6, 6.07) is 4.50. The van der Waals surface area contributed by atoms with Gasteiger partial charge in [0.25, 0.3) is 0 Å². The van der Waals surface area contributed by atoms with Gasteiger partial charge < -0.3 is 10.8 Å². The molecule has 0 amide bonds.